The van der Waals surface area contributed by atoms with Gasteiger partial charge in [-0.05, 0) is 36.8 Å². The fraction of sp³-hybridized carbons (Fsp3) is 0.125. The Morgan fingerprint density at radius 2 is 1.60 bits per heavy atom. The number of urea groups is 1. The van der Waals surface area contributed by atoms with Crippen molar-refractivity contribution in [3.8, 4) is 0 Å². The zero-order chi connectivity index (χ0) is 30.7. The fourth-order valence-electron chi connectivity index (χ4n) is 4.74. The van der Waals surface area contributed by atoms with Gasteiger partial charge in [0, 0.05) is 22.4 Å². The van der Waals surface area contributed by atoms with Crippen molar-refractivity contribution >= 4 is 46.4 Å². The van der Waals surface area contributed by atoms with Crippen LogP contribution in [-0.4, -0.2) is 36.1 Å². The Morgan fingerprint density at radius 3 is 2.33 bits per heavy atom. The van der Waals surface area contributed by atoms with Crippen molar-refractivity contribution in [2.75, 3.05) is 16.8 Å². The van der Waals surface area contributed by atoms with E-state index in [-0.39, 0.29) is 18.0 Å². The quantitative estimate of drug-likeness (QED) is 0.235. The average molecular weight is 605 g/mol. The van der Waals surface area contributed by atoms with Crippen molar-refractivity contribution < 1.29 is 27.6 Å². The molecule has 7 nitrogen and oxygen atoms in total. The lowest BCUT2D eigenvalue weighted by atomic mass is 9.99. The third-order valence-electron chi connectivity index (χ3n) is 6.80. The number of nitrogens with one attached hydrogen (secondary N) is 2. The molecule has 43 heavy (non-hydrogen) atoms. The van der Waals surface area contributed by atoms with Crippen molar-refractivity contribution in [1.82, 2.24) is 5.32 Å². The van der Waals surface area contributed by atoms with Gasteiger partial charge in [-0.25, -0.2) is 9.79 Å². The summed E-state index contributed by atoms with van der Waals surface area (Å²) >= 11 is 5.70. The molecule has 0 aromatic heterocycles. The van der Waals surface area contributed by atoms with Crippen LogP contribution in [0.3, 0.4) is 0 Å². The second-order valence-electron chi connectivity index (χ2n) is 9.72. The highest BCUT2D eigenvalue weighted by molar-refractivity contribution is 6.31. The highest BCUT2D eigenvalue weighted by Crippen LogP contribution is 2.36. The number of carbonyl (C=O) groups is 3. The van der Waals surface area contributed by atoms with Crippen LogP contribution in [0.1, 0.15) is 32.6 Å². The van der Waals surface area contributed by atoms with E-state index in [4.69, 9.17) is 11.6 Å². The Balaban J connectivity index is 1.52. The summed E-state index contributed by atoms with van der Waals surface area (Å²) in [6.07, 6.45) is -6.27. The standard InChI is InChI=1S/C32H24ClF3N4O3/c1-19-9-5-6-12-22(19)27(41)18-40-26-14-8-7-13-23(26)28(20-10-3-2-4-11-20)38-29(30(40)42)39-31(43)37-21-15-16-25(33)24(17-21)32(34,35)36/h2-17,29H,18H2,1H3,(H2,37,39,43)/t29-/m0/s1. The van der Waals surface area contributed by atoms with Gasteiger partial charge in [0.25, 0.3) is 5.91 Å². The molecule has 1 atom stereocenters. The molecule has 0 saturated heterocycles. The number of rotatable bonds is 6. The number of amides is 3. The molecule has 2 N–H and O–H groups in total. The van der Waals surface area contributed by atoms with Gasteiger partial charge in [0.1, 0.15) is 0 Å². The Bertz CT molecular complexity index is 1740. The number of anilines is 2. The normalized spacial score (nSPS) is 14.8. The summed E-state index contributed by atoms with van der Waals surface area (Å²) in [6.45, 7) is 1.45. The zero-order valence-corrected chi connectivity index (χ0v) is 23.4. The summed E-state index contributed by atoms with van der Waals surface area (Å²) in [5, 5.41) is 4.26. The molecule has 0 unspecified atom stereocenters. The Labute approximate surface area is 250 Å². The maximum atomic E-state index is 14.0. The predicted octanol–water partition coefficient (Wildman–Crippen LogP) is 6.88. The van der Waals surface area contributed by atoms with Gasteiger partial charge in [0.05, 0.1) is 28.5 Å². The first-order chi connectivity index (χ1) is 20.5. The van der Waals surface area contributed by atoms with Crippen LogP contribution in [0.15, 0.2) is 102 Å². The third-order valence-corrected chi connectivity index (χ3v) is 7.13. The number of halogens is 4. The van der Waals surface area contributed by atoms with Gasteiger partial charge < -0.3 is 15.5 Å². The second kappa shape index (κ2) is 12.1. The van der Waals surface area contributed by atoms with Crippen LogP contribution in [0.4, 0.5) is 29.3 Å². The lowest BCUT2D eigenvalue weighted by molar-refractivity contribution is -0.137. The van der Waals surface area contributed by atoms with Crippen molar-refractivity contribution in [3.63, 3.8) is 0 Å². The molecule has 218 valence electrons. The zero-order valence-electron chi connectivity index (χ0n) is 22.7. The van der Waals surface area contributed by atoms with E-state index in [0.717, 1.165) is 11.6 Å². The maximum absolute atomic E-state index is 14.0. The summed E-state index contributed by atoms with van der Waals surface area (Å²) in [4.78, 5) is 46.4. The summed E-state index contributed by atoms with van der Waals surface area (Å²) in [7, 11) is 0. The molecule has 0 bridgehead atoms. The first-order valence-corrected chi connectivity index (χ1v) is 13.5. The number of benzodiazepines with no additional fused rings is 1. The van der Waals surface area contributed by atoms with Crippen LogP contribution in [-0.2, 0) is 11.0 Å². The molecule has 1 aliphatic heterocycles. The number of nitrogens with zero attached hydrogens (tertiary/aromatic N) is 2. The Morgan fingerprint density at radius 1 is 0.930 bits per heavy atom. The number of hydrogen-bond donors (Lipinski definition) is 2. The van der Waals surface area contributed by atoms with Gasteiger partial charge in [-0.2, -0.15) is 13.2 Å². The van der Waals surface area contributed by atoms with E-state index < -0.39 is 34.9 Å². The number of carbonyl (C=O) groups excluding carboxylic acids is 3. The molecule has 0 aliphatic carbocycles. The van der Waals surface area contributed by atoms with Crippen molar-refractivity contribution in [1.29, 1.82) is 0 Å². The highest BCUT2D eigenvalue weighted by atomic mass is 35.5. The average Bonchev–Trinajstić information content (AvgIpc) is 3.09. The smallest absolute Gasteiger partial charge is 0.308 e. The number of aryl methyl sites for hydroxylation is 1. The van der Waals surface area contributed by atoms with Crippen molar-refractivity contribution in [3.05, 3.63) is 130 Å². The van der Waals surface area contributed by atoms with Crippen LogP contribution in [0.2, 0.25) is 5.02 Å². The molecule has 4 aromatic carbocycles. The van der Waals surface area contributed by atoms with E-state index in [1.807, 2.05) is 6.07 Å². The third kappa shape index (κ3) is 6.44. The van der Waals surface area contributed by atoms with E-state index in [1.165, 1.54) is 11.0 Å². The number of hydrogen-bond acceptors (Lipinski definition) is 4. The van der Waals surface area contributed by atoms with Crippen molar-refractivity contribution in [2.45, 2.75) is 19.3 Å². The Hall–Kier alpha value is -4.96. The summed E-state index contributed by atoms with van der Waals surface area (Å²) < 4.78 is 40.1. The van der Waals surface area contributed by atoms with Gasteiger partial charge in [0.2, 0.25) is 6.17 Å². The lowest BCUT2D eigenvalue weighted by Gasteiger charge is -2.25. The number of Topliss-reactive ketones (excluding diaryl/α,β-unsaturated/α-hetero) is 1. The molecule has 4 aromatic rings. The molecule has 11 heteroatoms. The molecule has 5 rings (SSSR count). The van der Waals surface area contributed by atoms with Crippen LogP contribution >= 0.6 is 11.6 Å². The maximum Gasteiger partial charge on any atom is 0.417 e. The van der Waals surface area contributed by atoms with E-state index in [1.54, 1.807) is 79.7 Å². The fourth-order valence-corrected chi connectivity index (χ4v) is 4.96. The molecule has 0 fully saturated rings. The van der Waals surface area contributed by atoms with Crippen LogP contribution < -0.4 is 15.5 Å². The molecular formula is C32H24ClF3N4O3. The molecule has 1 heterocycles. The SMILES string of the molecule is Cc1ccccc1C(=O)CN1C(=O)[C@H](NC(=O)Nc2ccc(Cl)c(C(F)(F)F)c2)N=C(c2ccccc2)c2ccccc21. The molecule has 1 aliphatic rings. The second-order valence-corrected chi connectivity index (χ2v) is 10.1. The molecule has 0 saturated carbocycles. The van der Waals surface area contributed by atoms with Gasteiger partial charge in [-0.1, -0.05) is 84.4 Å². The van der Waals surface area contributed by atoms with Crippen molar-refractivity contribution in [2.24, 2.45) is 4.99 Å². The van der Waals surface area contributed by atoms with Crippen LogP contribution in [0, 0.1) is 6.92 Å². The number of ketones is 1. The van der Waals surface area contributed by atoms with Crippen LogP contribution in [0.5, 0.6) is 0 Å². The summed E-state index contributed by atoms with van der Waals surface area (Å²) in [6, 6.07) is 24.8. The van der Waals surface area contributed by atoms with E-state index in [9.17, 15) is 27.6 Å². The topological polar surface area (TPSA) is 90.9 Å². The monoisotopic (exact) mass is 604 g/mol. The predicted molar refractivity (Wildman–Crippen MR) is 159 cm³/mol. The summed E-state index contributed by atoms with van der Waals surface area (Å²) in [5.74, 6) is -1.03. The molecule has 0 spiro atoms. The first kappa shape index (κ1) is 29.5. The molecular weight excluding hydrogens is 581 g/mol. The minimum Gasteiger partial charge on any atom is -0.308 e. The summed E-state index contributed by atoms with van der Waals surface area (Å²) in [5.41, 5.74) is 1.84. The highest BCUT2D eigenvalue weighted by Gasteiger charge is 2.35. The van der Waals surface area contributed by atoms with E-state index in [2.05, 4.69) is 15.6 Å². The number of para-hydroxylation sites is 1. The number of aliphatic imine (C=N–C) groups is 1. The number of fused-ring (bicyclic) bond motifs is 1. The minimum absolute atomic E-state index is 0.197. The van der Waals surface area contributed by atoms with E-state index in [0.29, 0.717) is 34.2 Å². The minimum atomic E-state index is -4.74. The number of benzene rings is 4. The van der Waals surface area contributed by atoms with Gasteiger partial charge in [-0.3, -0.25) is 9.59 Å². The van der Waals surface area contributed by atoms with Gasteiger partial charge >= 0.3 is 12.2 Å². The number of alkyl halides is 3. The lowest BCUT2D eigenvalue weighted by Crippen LogP contribution is -2.50. The molecule has 3 amide bonds. The largest absolute Gasteiger partial charge is 0.417 e. The Kier molecular flexibility index (Phi) is 8.31. The van der Waals surface area contributed by atoms with E-state index >= 15 is 0 Å². The van der Waals surface area contributed by atoms with Gasteiger partial charge in [0.15, 0.2) is 5.78 Å². The van der Waals surface area contributed by atoms with Gasteiger partial charge in [-0.15, -0.1) is 0 Å². The molecule has 0 radical (unpaired) electrons. The van der Waals surface area contributed by atoms with Crippen LogP contribution in [0.25, 0.3) is 0 Å². The first-order valence-electron chi connectivity index (χ1n) is 13.1.